The van der Waals surface area contributed by atoms with Crippen LogP contribution in [0.15, 0.2) is 48.6 Å². The van der Waals surface area contributed by atoms with E-state index in [1.54, 1.807) is 6.07 Å². The van der Waals surface area contributed by atoms with Gasteiger partial charge in [-0.1, -0.05) is 42.5 Å². The van der Waals surface area contributed by atoms with Crippen molar-refractivity contribution >= 4 is 34.2 Å². The lowest BCUT2D eigenvalue weighted by Crippen LogP contribution is -2.47. The highest BCUT2D eigenvalue weighted by atomic mass is 32.1. The summed E-state index contributed by atoms with van der Waals surface area (Å²) in [4.78, 5) is 38.2. The largest absolute Gasteiger partial charge is 0.481 e. The molecule has 6 nitrogen and oxygen atoms in total. The molecule has 156 valence electrons. The zero-order chi connectivity index (χ0) is 21.3. The average Bonchev–Trinajstić information content (AvgIpc) is 3.15. The minimum absolute atomic E-state index is 0.0959. The van der Waals surface area contributed by atoms with Gasteiger partial charge < -0.3 is 15.2 Å². The molecular weight excluding hydrogens is 402 g/mol. The Kier molecular flexibility index (Phi) is 5.72. The quantitative estimate of drug-likeness (QED) is 0.540. The summed E-state index contributed by atoms with van der Waals surface area (Å²) in [5.41, 5.74) is 1.39. The molecule has 1 fully saturated rings. The first-order chi connectivity index (χ1) is 14.5. The van der Waals surface area contributed by atoms with E-state index in [2.05, 4.69) is 5.32 Å². The lowest BCUT2D eigenvalue weighted by Gasteiger charge is -2.41. The zero-order valence-corrected chi connectivity index (χ0v) is 17.4. The lowest BCUT2D eigenvalue weighted by atomic mass is 9.62. The number of thiophene rings is 1. The van der Waals surface area contributed by atoms with Crippen LogP contribution < -0.4 is 5.32 Å². The van der Waals surface area contributed by atoms with Crippen molar-refractivity contribution in [3.05, 3.63) is 64.6 Å². The maximum absolute atomic E-state index is 13.1. The van der Waals surface area contributed by atoms with Crippen LogP contribution in [0.3, 0.4) is 0 Å². The number of benzene rings is 1. The lowest BCUT2D eigenvalue weighted by molar-refractivity contribution is -0.151. The van der Waals surface area contributed by atoms with E-state index in [0.717, 1.165) is 23.3 Å². The van der Waals surface area contributed by atoms with Gasteiger partial charge in [0, 0.05) is 11.3 Å². The maximum atomic E-state index is 13.1. The Labute approximate surface area is 178 Å². The second-order valence-corrected chi connectivity index (χ2v) is 8.92. The first kappa shape index (κ1) is 20.3. The Bertz CT molecular complexity index is 996. The number of carbonyl (C=O) groups excluding carboxylic acids is 2. The molecular formula is C23H23NO5S. The highest BCUT2D eigenvalue weighted by Crippen LogP contribution is 2.45. The Hall–Kier alpha value is -2.93. The molecule has 0 saturated heterocycles. The molecule has 2 aromatic rings. The van der Waals surface area contributed by atoms with Gasteiger partial charge in [-0.3, -0.25) is 9.59 Å². The highest BCUT2D eigenvalue weighted by molar-refractivity contribution is 7.16. The van der Waals surface area contributed by atoms with Gasteiger partial charge in [0.1, 0.15) is 5.00 Å². The zero-order valence-electron chi connectivity index (χ0n) is 16.5. The van der Waals surface area contributed by atoms with Crippen molar-refractivity contribution in [1.29, 1.82) is 0 Å². The third kappa shape index (κ3) is 3.89. The molecule has 1 heterocycles. The van der Waals surface area contributed by atoms with E-state index in [1.807, 2.05) is 42.5 Å². The highest BCUT2D eigenvalue weighted by Gasteiger charge is 2.48. The van der Waals surface area contributed by atoms with E-state index in [-0.39, 0.29) is 17.7 Å². The third-order valence-corrected chi connectivity index (χ3v) is 7.03. The Balaban J connectivity index is 1.60. The standard InChI is InChI=1S/C23H23NO5S/c1-29-23(28)17-12-16(11-13-5-3-2-4-6-13)30-21(17)24-20(25)18-14-7-9-15(10-8-14)19(18)22(26)27/h2-7,9,12,14-15,18-19H,8,10-11H2,1H3,(H,24,25)(H,26,27)/t14-,15+,18+,19+/m1/s1. The van der Waals surface area contributed by atoms with Gasteiger partial charge in [0.05, 0.1) is 24.5 Å². The SMILES string of the molecule is COC(=O)c1cc(Cc2ccccc2)sc1NC(=O)[C@@H]1[C@@H](C(=O)O)[C@H]2C=C[C@@H]1CC2. The Morgan fingerprint density at radius 2 is 1.77 bits per heavy atom. The van der Waals surface area contributed by atoms with Crippen LogP contribution in [-0.4, -0.2) is 30.1 Å². The molecule has 30 heavy (non-hydrogen) atoms. The molecule has 4 atom stereocenters. The fraction of sp³-hybridized carbons (Fsp3) is 0.348. The van der Waals surface area contributed by atoms with Crippen LogP contribution in [0.2, 0.25) is 0 Å². The topological polar surface area (TPSA) is 92.7 Å². The fourth-order valence-electron chi connectivity index (χ4n) is 4.56. The van der Waals surface area contributed by atoms with E-state index < -0.39 is 23.8 Å². The number of rotatable bonds is 6. The molecule has 1 aromatic carbocycles. The molecule has 5 rings (SSSR count). The molecule has 2 N–H and O–H groups in total. The molecule has 0 spiro atoms. The number of nitrogens with one attached hydrogen (secondary N) is 1. The molecule has 0 radical (unpaired) electrons. The molecule has 3 aliphatic carbocycles. The molecule has 3 aliphatic rings. The van der Waals surface area contributed by atoms with Crippen LogP contribution in [0.4, 0.5) is 5.00 Å². The van der Waals surface area contributed by atoms with E-state index >= 15 is 0 Å². The summed E-state index contributed by atoms with van der Waals surface area (Å²) in [6.07, 6.45) is 6.11. The van der Waals surface area contributed by atoms with Gasteiger partial charge in [0.25, 0.3) is 0 Å². The van der Waals surface area contributed by atoms with E-state index in [4.69, 9.17) is 4.74 Å². The van der Waals surface area contributed by atoms with E-state index in [0.29, 0.717) is 17.0 Å². The van der Waals surface area contributed by atoms with Gasteiger partial charge >= 0.3 is 11.9 Å². The van der Waals surface area contributed by atoms with Gasteiger partial charge in [-0.05, 0) is 36.3 Å². The number of carboxylic acids is 1. The molecule has 1 amide bonds. The van der Waals surface area contributed by atoms with Crippen molar-refractivity contribution in [2.24, 2.45) is 23.7 Å². The molecule has 1 aromatic heterocycles. The number of hydrogen-bond donors (Lipinski definition) is 2. The summed E-state index contributed by atoms with van der Waals surface area (Å²) < 4.78 is 4.89. The van der Waals surface area contributed by atoms with Crippen LogP contribution in [-0.2, 0) is 20.7 Å². The summed E-state index contributed by atoms with van der Waals surface area (Å²) in [6, 6.07) is 11.6. The summed E-state index contributed by atoms with van der Waals surface area (Å²) in [5.74, 6) is -3.42. The van der Waals surface area contributed by atoms with Crippen molar-refractivity contribution in [3.8, 4) is 0 Å². The fourth-order valence-corrected chi connectivity index (χ4v) is 5.65. The molecule has 0 unspecified atom stereocenters. The Morgan fingerprint density at radius 1 is 1.10 bits per heavy atom. The smallest absolute Gasteiger partial charge is 0.340 e. The van der Waals surface area contributed by atoms with Crippen molar-refractivity contribution < 1.29 is 24.2 Å². The van der Waals surface area contributed by atoms with E-state index in [9.17, 15) is 19.5 Å². The van der Waals surface area contributed by atoms with Crippen LogP contribution >= 0.6 is 11.3 Å². The van der Waals surface area contributed by atoms with Crippen LogP contribution in [0.1, 0.15) is 33.6 Å². The maximum Gasteiger partial charge on any atom is 0.340 e. The van der Waals surface area contributed by atoms with Crippen LogP contribution in [0.5, 0.6) is 0 Å². The van der Waals surface area contributed by atoms with Crippen molar-refractivity contribution in [3.63, 3.8) is 0 Å². The molecule has 7 heteroatoms. The predicted octanol–water partition coefficient (Wildman–Crippen LogP) is 3.98. The summed E-state index contributed by atoms with van der Waals surface area (Å²) in [7, 11) is 1.30. The first-order valence-electron chi connectivity index (χ1n) is 9.95. The number of carboxylic acid groups (broad SMARTS) is 1. The van der Waals surface area contributed by atoms with Crippen LogP contribution in [0.25, 0.3) is 0 Å². The molecule has 1 saturated carbocycles. The van der Waals surface area contributed by atoms with Gasteiger partial charge in [0.15, 0.2) is 0 Å². The third-order valence-electron chi connectivity index (χ3n) is 5.98. The number of carbonyl (C=O) groups is 3. The van der Waals surface area contributed by atoms with Gasteiger partial charge in [-0.15, -0.1) is 11.3 Å². The van der Waals surface area contributed by atoms with Crippen molar-refractivity contribution in [2.45, 2.75) is 19.3 Å². The number of anilines is 1. The number of aliphatic carboxylic acids is 1. The van der Waals surface area contributed by atoms with Crippen LogP contribution in [0, 0.1) is 23.7 Å². The predicted molar refractivity (Wildman–Crippen MR) is 114 cm³/mol. The van der Waals surface area contributed by atoms with E-state index in [1.165, 1.54) is 18.4 Å². The number of allylic oxidation sites excluding steroid dienone is 2. The average molecular weight is 426 g/mol. The number of fused-ring (bicyclic) bond motifs is 2. The van der Waals surface area contributed by atoms with Crippen molar-refractivity contribution in [2.75, 3.05) is 12.4 Å². The minimum Gasteiger partial charge on any atom is -0.481 e. The first-order valence-corrected chi connectivity index (χ1v) is 10.8. The number of ether oxygens (including phenoxy) is 1. The summed E-state index contributed by atoms with van der Waals surface area (Å²) in [6.45, 7) is 0. The van der Waals surface area contributed by atoms with Gasteiger partial charge in [0.2, 0.25) is 5.91 Å². The Morgan fingerprint density at radius 3 is 2.37 bits per heavy atom. The number of methoxy groups -OCH3 is 1. The number of amides is 1. The minimum atomic E-state index is -0.946. The van der Waals surface area contributed by atoms with Crippen molar-refractivity contribution in [1.82, 2.24) is 0 Å². The number of hydrogen-bond acceptors (Lipinski definition) is 5. The monoisotopic (exact) mass is 425 g/mol. The van der Waals surface area contributed by atoms with Gasteiger partial charge in [-0.2, -0.15) is 0 Å². The number of esters is 1. The normalized spacial score (nSPS) is 24.4. The summed E-state index contributed by atoms with van der Waals surface area (Å²) >= 11 is 1.32. The second kappa shape index (κ2) is 8.44. The molecule has 0 aliphatic heterocycles. The summed E-state index contributed by atoms with van der Waals surface area (Å²) in [5, 5.41) is 13.0. The van der Waals surface area contributed by atoms with Gasteiger partial charge in [-0.25, -0.2) is 4.79 Å². The molecule has 2 bridgehead atoms. The second-order valence-electron chi connectivity index (χ2n) is 7.78.